The molecule has 1 atom stereocenters. The van der Waals surface area contributed by atoms with Crippen LogP contribution in [0.5, 0.6) is 11.5 Å². The Bertz CT molecular complexity index is 709. The number of anilines is 2. The maximum atomic E-state index is 12.4. The molecule has 0 saturated carbocycles. The van der Waals surface area contributed by atoms with E-state index in [1.54, 1.807) is 6.07 Å². The Morgan fingerprint density at radius 2 is 1.68 bits per heavy atom. The molecule has 0 aliphatic carbocycles. The van der Waals surface area contributed by atoms with Gasteiger partial charge in [-0.25, -0.2) is 0 Å². The summed E-state index contributed by atoms with van der Waals surface area (Å²) in [6.07, 6.45) is 0.483. The summed E-state index contributed by atoms with van der Waals surface area (Å²) in [6, 6.07) is 12.4. The van der Waals surface area contributed by atoms with Crippen LogP contribution < -0.4 is 10.2 Å². The lowest BCUT2D eigenvalue weighted by Crippen LogP contribution is -2.23. The quantitative estimate of drug-likeness (QED) is 0.670. The Morgan fingerprint density at radius 1 is 1.04 bits per heavy atom. The number of carbonyl (C=O) groups is 1. The summed E-state index contributed by atoms with van der Waals surface area (Å²) in [7, 11) is 0. The van der Waals surface area contributed by atoms with Gasteiger partial charge in [0.1, 0.15) is 0 Å². The number of hydrogen-bond donors (Lipinski definition) is 3. The maximum absolute atomic E-state index is 12.4. The molecule has 5 nitrogen and oxygen atoms in total. The lowest BCUT2D eigenvalue weighted by atomic mass is 10.00. The molecule has 134 valence electrons. The molecule has 0 aromatic heterocycles. The van der Waals surface area contributed by atoms with Gasteiger partial charge in [0, 0.05) is 30.4 Å². The monoisotopic (exact) mass is 342 g/mol. The fourth-order valence-electron chi connectivity index (χ4n) is 2.75. The number of hydrogen-bond acceptors (Lipinski definition) is 4. The zero-order valence-corrected chi connectivity index (χ0v) is 15.0. The highest BCUT2D eigenvalue weighted by molar-refractivity contribution is 5.92. The Hall–Kier alpha value is -2.69. The van der Waals surface area contributed by atoms with E-state index in [1.165, 1.54) is 12.1 Å². The first kappa shape index (κ1) is 18.6. The standard InChI is InChI=1S/C20H26N2O3/c1-4-22(5-2)17-9-7-16(8-10-17)21-20(25)14(3)12-15-6-11-18(23)19(24)13-15/h6-11,13-14,23-24H,4-5,12H2,1-3H3,(H,21,25). The molecule has 0 radical (unpaired) electrons. The lowest BCUT2D eigenvalue weighted by molar-refractivity contribution is -0.119. The molecule has 0 fully saturated rings. The van der Waals surface area contributed by atoms with Gasteiger partial charge in [-0.3, -0.25) is 4.79 Å². The minimum Gasteiger partial charge on any atom is -0.504 e. The molecule has 0 aliphatic heterocycles. The second-order valence-electron chi connectivity index (χ2n) is 6.14. The van der Waals surface area contributed by atoms with E-state index in [0.717, 1.165) is 30.0 Å². The first-order valence-electron chi connectivity index (χ1n) is 8.61. The molecule has 0 spiro atoms. The Balaban J connectivity index is 1.97. The van der Waals surface area contributed by atoms with E-state index in [2.05, 4.69) is 24.1 Å². The summed E-state index contributed by atoms with van der Waals surface area (Å²) < 4.78 is 0. The molecule has 3 N–H and O–H groups in total. The molecule has 5 heteroatoms. The molecule has 0 aliphatic rings. The van der Waals surface area contributed by atoms with Crippen LogP contribution in [-0.2, 0) is 11.2 Å². The third-order valence-electron chi connectivity index (χ3n) is 4.29. The van der Waals surface area contributed by atoms with Gasteiger partial charge in [0.2, 0.25) is 5.91 Å². The lowest BCUT2D eigenvalue weighted by Gasteiger charge is -2.21. The number of amides is 1. The Labute approximate surface area is 148 Å². The van der Waals surface area contributed by atoms with Gasteiger partial charge in [-0.1, -0.05) is 13.0 Å². The predicted molar refractivity (Wildman–Crippen MR) is 101 cm³/mol. The highest BCUT2D eigenvalue weighted by Crippen LogP contribution is 2.26. The number of nitrogens with zero attached hydrogens (tertiary/aromatic N) is 1. The second-order valence-corrected chi connectivity index (χ2v) is 6.14. The molecule has 0 heterocycles. The predicted octanol–water partition coefficient (Wildman–Crippen LogP) is 3.76. The molecular weight excluding hydrogens is 316 g/mol. The topological polar surface area (TPSA) is 72.8 Å². The summed E-state index contributed by atoms with van der Waals surface area (Å²) in [5, 5.41) is 21.8. The van der Waals surface area contributed by atoms with Crippen LogP contribution in [0.15, 0.2) is 42.5 Å². The summed E-state index contributed by atoms with van der Waals surface area (Å²) in [4.78, 5) is 14.6. The van der Waals surface area contributed by atoms with Gasteiger partial charge < -0.3 is 20.4 Å². The number of nitrogens with one attached hydrogen (secondary N) is 1. The highest BCUT2D eigenvalue weighted by atomic mass is 16.3. The smallest absolute Gasteiger partial charge is 0.227 e. The number of rotatable bonds is 7. The number of phenols is 2. The van der Waals surface area contributed by atoms with Crippen LogP contribution in [0.1, 0.15) is 26.3 Å². The first-order valence-corrected chi connectivity index (χ1v) is 8.61. The van der Waals surface area contributed by atoms with Gasteiger partial charge in [0.25, 0.3) is 0 Å². The van der Waals surface area contributed by atoms with Gasteiger partial charge >= 0.3 is 0 Å². The largest absolute Gasteiger partial charge is 0.504 e. The number of aromatic hydroxyl groups is 2. The zero-order valence-electron chi connectivity index (χ0n) is 15.0. The van der Waals surface area contributed by atoms with E-state index in [1.807, 2.05) is 31.2 Å². The fourth-order valence-corrected chi connectivity index (χ4v) is 2.75. The van der Waals surface area contributed by atoms with Gasteiger partial charge in [-0.2, -0.15) is 0 Å². The van der Waals surface area contributed by atoms with Crippen molar-refractivity contribution in [1.82, 2.24) is 0 Å². The van der Waals surface area contributed by atoms with E-state index < -0.39 is 0 Å². The third kappa shape index (κ3) is 4.89. The van der Waals surface area contributed by atoms with E-state index in [9.17, 15) is 15.0 Å². The number of phenolic OH excluding ortho intramolecular Hbond substituents is 2. The van der Waals surface area contributed by atoms with Crippen LogP contribution in [0.2, 0.25) is 0 Å². The summed E-state index contributed by atoms with van der Waals surface area (Å²) in [5.41, 5.74) is 2.70. The van der Waals surface area contributed by atoms with Gasteiger partial charge in [0.15, 0.2) is 11.5 Å². The summed E-state index contributed by atoms with van der Waals surface area (Å²) >= 11 is 0. The maximum Gasteiger partial charge on any atom is 0.227 e. The van der Waals surface area contributed by atoms with E-state index in [0.29, 0.717) is 6.42 Å². The number of carbonyl (C=O) groups excluding carboxylic acids is 1. The van der Waals surface area contributed by atoms with Crippen molar-refractivity contribution in [3.05, 3.63) is 48.0 Å². The number of benzene rings is 2. The molecule has 1 amide bonds. The fraction of sp³-hybridized carbons (Fsp3) is 0.350. The van der Waals surface area contributed by atoms with Crippen molar-refractivity contribution in [3.63, 3.8) is 0 Å². The van der Waals surface area contributed by atoms with Crippen molar-refractivity contribution in [3.8, 4) is 11.5 Å². The molecule has 0 bridgehead atoms. The van der Waals surface area contributed by atoms with Crippen LogP contribution in [0.4, 0.5) is 11.4 Å². The second kappa shape index (κ2) is 8.42. The molecule has 2 aromatic rings. The normalized spacial score (nSPS) is 11.8. The molecule has 2 aromatic carbocycles. The van der Waals surface area contributed by atoms with E-state index in [-0.39, 0.29) is 23.3 Å². The zero-order chi connectivity index (χ0) is 18.4. The van der Waals surface area contributed by atoms with Crippen molar-refractivity contribution in [2.75, 3.05) is 23.3 Å². The van der Waals surface area contributed by atoms with Crippen molar-refractivity contribution in [2.24, 2.45) is 5.92 Å². The molecule has 1 unspecified atom stereocenters. The van der Waals surface area contributed by atoms with Gasteiger partial charge in [-0.15, -0.1) is 0 Å². The van der Waals surface area contributed by atoms with Crippen molar-refractivity contribution in [1.29, 1.82) is 0 Å². The summed E-state index contributed by atoms with van der Waals surface area (Å²) in [6.45, 7) is 7.95. The van der Waals surface area contributed by atoms with Crippen LogP contribution in [0, 0.1) is 5.92 Å². The Morgan fingerprint density at radius 3 is 2.24 bits per heavy atom. The van der Waals surface area contributed by atoms with Gasteiger partial charge in [0.05, 0.1) is 0 Å². The van der Waals surface area contributed by atoms with Crippen molar-refractivity contribution >= 4 is 17.3 Å². The molecule has 2 rings (SSSR count). The van der Waals surface area contributed by atoms with Crippen LogP contribution in [0.25, 0.3) is 0 Å². The molecular formula is C20H26N2O3. The molecule has 0 saturated heterocycles. The van der Waals surface area contributed by atoms with Crippen molar-refractivity contribution < 1.29 is 15.0 Å². The Kier molecular flexibility index (Phi) is 6.28. The first-order chi connectivity index (χ1) is 11.9. The minimum absolute atomic E-state index is 0.0804. The highest BCUT2D eigenvalue weighted by Gasteiger charge is 2.15. The third-order valence-corrected chi connectivity index (χ3v) is 4.29. The van der Waals surface area contributed by atoms with Crippen LogP contribution >= 0.6 is 0 Å². The van der Waals surface area contributed by atoms with Crippen molar-refractivity contribution in [2.45, 2.75) is 27.2 Å². The van der Waals surface area contributed by atoms with E-state index >= 15 is 0 Å². The average molecular weight is 342 g/mol. The average Bonchev–Trinajstić information content (AvgIpc) is 2.60. The van der Waals surface area contributed by atoms with E-state index in [4.69, 9.17) is 0 Å². The van der Waals surface area contributed by atoms with Crippen LogP contribution in [0.3, 0.4) is 0 Å². The minimum atomic E-state index is -0.258. The van der Waals surface area contributed by atoms with Crippen LogP contribution in [-0.4, -0.2) is 29.2 Å². The summed E-state index contributed by atoms with van der Waals surface area (Å²) in [5.74, 6) is -0.666. The molecule has 25 heavy (non-hydrogen) atoms. The SMILES string of the molecule is CCN(CC)c1ccc(NC(=O)C(C)Cc2ccc(O)c(O)c2)cc1. The van der Waals surface area contributed by atoms with Gasteiger partial charge in [-0.05, 0) is 62.2 Å².